The van der Waals surface area contributed by atoms with E-state index in [4.69, 9.17) is 0 Å². The van der Waals surface area contributed by atoms with Gasteiger partial charge in [-0.15, -0.1) is 0 Å². The van der Waals surface area contributed by atoms with Gasteiger partial charge >= 0.3 is 12.1 Å². The van der Waals surface area contributed by atoms with Crippen LogP contribution in [0.2, 0.25) is 0 Å². The summed E-state index contributed by atoms with van der Waals surface area (Å²) in [5.74, 6) is -6.70. The molecule has 8 heteroatoms. The lowest BCUT2D eigenvalue weighted by atomic mass is 10.0. The first-order valence-corrected chi connectivity index (χ1v) is 6.37. The molecule has 0 bridgehead atoms. The minimum Gasteiger partial charge on any atom is -0.435 e. The molecular weight excluding hydrogens is 295 g/mol. The predicted molar refractivity (Wildman–Crippen MR) is 64.2 cm³/mol. The number of benzene rings is 1. The number of rotatable bonds is 1. The zero-order valence-corrected chi connectivity index (χ0v) is 10.7. The van der Waals surface area contributed by atoms with Crippen molar-refractivity contribution in [3.63, 3.8) is 0 Å². The fourth-order valence-electron chi connectivity index (χ4n) is 2.35. The Balaban J connectivity index is 2.09. The summed E-state index contributed by atoms with van der Waals surface area (Å²) in [6.07, 6.45) is -4.39. The van der Waals surface area contributed by atoms with Crippen LogP contribution in [-0.4, -0.2) is 24.2 Å². The zero-order chi connectivity index (χ0) is 15.3. The van der Waals surface area contributed by atoms with Gasteiger partial charge in [0.2, 0.25) is 0 Å². The van der Waals surface area contributed by atoms with Crippen molar-refractivity contribution >= 4 is 11.1 Å². The number of hydrogen-bond donors (Lipinski definition) is 1. The number of hydrogen-bond acceptors (Lipinski definition) is 3. The highest BCUT2D eigenvalue weighted by atomic mass is 19.4. The molecule has 0 aliphatic carbocycles. The van der Waals surface area contributed by atoms with Gasteiger partial charge in [-0.1, -0.05) is 0 Å². The zero-order valence-electron chi connectivity index (χ0n) is 10.7. The van der Waals surface area contributed by atoms with Gasteiger partial charge in [-0.3, -0.25) is 0 Å². The van der Waals surface area contributed by atoms with E-state index in [1.165, 1.54) is 12.1 Å². The van der Waals surface area contributed by atoms with Crippen molar-refractivity contribution in [2.45, 2.75) is 24.9 Å². The summed E-state index contributed by atoms with van der Waals surface area (Å²) in [7, 11) is 0. The number of nitrogens with one attached hydrogen (secondary N) is 1. The summed E-state index contributed by atoms with van der Waals surface area (Å²) in [6.45, 7) is 1.44. The highest BCUT2D eigenvalue weighted by Gasteiger charge is 2.62. The van der Waals surface area contributed by atoms with E-state index >= 15 is 0 Å². The molecule has 1 N–H and O–H groups in total. The topological polar surface area (TPSA) is 38.1 Å². The molecular formula is C13H11F5N2O. The monoisotopic (exact) mass is 306 g/mol. The van der Waals surface area contributed by atoms with Crippen LogP contribution in [0.1, 0.15) is 17.0 Å². The van der Waals surface area contributed by atoms with Crippen LogP contribution in [0.15, 0.2) is 16.5 Å². The van der Waals surface area contributed by atoms with E-state index in [2.05, 4.69) is 14.7 Å². The van der Waals surface area contributed by atoms with E-state index in [0.29, 0.717) is 12.8 Å². The molecule has 0 spiro atoms. The van der Waals surface area contributed by atoms with Crippen LogP contribution in [-0.2, 0) is 18.8 Å². The van der Waals surface area contributed by atoms with Crippen molar-refractivity contribution in [2.24, 2.45) is 0 Å². The van der Waals surface area contributed by atoms with Crippen molar-refractivity contribution in [1.82, 2.24) is 10.3 Å². The lowest BCUT2D eigenvalue weighted by Gasteiger charge is -2.15. The Morgan fingerprint density at radius 3 is 2.24 bits per heavy atom. The third-order valence-electron chi connectivity index (χ3n) is 3.48. The number of aromatic nitrogens is 1. The van der Waals surface area contributed by atoms with Crippen LogP contribution < -0.4 is 5.32 Å². The summed E-state index contributed by atoms with van der Waals surface area (Å²) in [4.78, 5) is 3.33. The molecule has 0 atom stereocenters. The van der Waals surface area contributed by atoms with Gasteiger partial charge in [0.15, 0.2) is 5.58 Å². The molecule has 0 fully saturated rings. The quantitative estimate of drug-likeness (QED) is 0.822. The van der Waals surface area contributed by atoms with Gasteiger partial charge in [0.1, 0.15) is 5.52 Å². The minimum absolute atomic E-state index is 0.0228. The maximum atomic E-state index is 13.3. The van der Waals surface area contributed by atoms with Gasteiger partial charge in [0.05, 0.1) is 0 Å². The van der Waals surface area contributed by atoms with Crippen molar-refractivity contribution < 1.29 is 26.4 Å². The molecule has 1 aromatic carbocycles. The fourth-order valence-corrected chi connectivity index (χ4v) is 2.35. The first-order valence-electron chi connectivity index (χ1n) is 6.37. The smallest absolute Gasteiger partial charge is 0.435 e. The average molecular weight is 306 g/mol. The molecule has 1 aromatic heterocycles. The third-order valence-corrected chi connectivity index (χ3v) is 3.48. The van der Waals surface area contributed by atoms with Crippen LogP contribution >= 0.6 is 0 Å². The molecule has 3 nitrogen and oxygen atoms in total. The number of alkyl halides is 5. The molecule has 21 heavy (non-hydrogen) atoms. The molecule has 0 saturated heterocycles. The van der Waals surface area contributed by atoms with Crippen molar-refractivity contribution in [3.05, 3.63) is 29.2 Å². The lowest BCUT2D eigenvalue weighted by molar-refractivity contribution is -0.297. The normalized spacial score (nSPS) is 16.8. The Labute approximate surface area is 116 Å². The summed E-state index contributed by atoms with van der Waals surface area (Å²) in [5.41, 5.74) is 1.75. The molecule has 1 aliphatic rings. The van der Waals surface area contributed by atoms with Crippen LogP contribution in [0.4, 0.5) is 22.0 Å². The largest absolute Gasteiger partial charge is 0.463 e. The van der Waals surface area contributed by atoms with Crippen molar-refractivity contribution in [1.29, 1.82) is 0 Å². The van der Waals surface area contributed by atoms with E-state index in [1.54, 1.807) is 0 Å². The van der Waals surface area contributed by atoms with E-state index in [9.17, 15) is 22.0 Å². The number of oxazole rings is 1. The Morgan fingerprint density at radius 1 is 1.00 bits per heavy atom. The maximum absolute atomic E-state index is 13.3. The van der Waals surface area contributed by atoms with Gasteiger partial charge in [0.25, 0.3) is 5.89 Å². The SMILES string of the molecule is FC(F)(F)C(F)(F)c1nc2cc3c(cc2o1)CCNCC3. The predicted octanol–water partition coefficient (Wildman–Crippen LogP) is 3.17. The van der Waals surface area contributed by atoms with Crippen LogP contribution in [0.25, 0.3) is 11.1 Å². The molecule has 2 heterocycles. The number of nitrogens with zero attached hydrogens (tertiary/aromatic N) is 1. The van der Waals surface area contributed by atoms with Crippen molar-refractivity contribution in [2.75, 3.05) is 13.1 Å². The molecule has 1 aliphatic heterocycles. The van der Waals surface area contributed by atoms with E-state index < -0.39 is 18.0 Å². The molecule has 0 amide bonds. The van der Waals surface area contributed by atoms with Gasteiger partial charge in [-0.05, 0) is 49.2 Å². The van der Waals surface area contributed by atoms with E-state index in [-0.39, 0.29) is 11.1 Å². The minimum atomic E-state index is -5.73. The second kappa shape index (κ2) is 4.66. The Hall–Kier alpha value is -1.70. The Kier molecular flexibility index (Phi) is 3.16. The van der Waals surface area contributed by atoms with Crippen molar-refractivity contribution in [3.8, 4) is 0 Å². The summed E-state index contributed by atoms with van der Waals surface area (Å²) >= 11 is 0. The summed E-state index contributed by atoms with van der Waals surface area (Å²) in [6, 6.07) is 3.03. The second-order valence-corrected chi connectivity index (χ2v) is 4.93. The first-order chi connectivity index (χ1) is 9.79. The van der Waals surface area contributed by atoms with E-state index in [1.807, 2.05) is 0 Å². The van der Waals surface area contributed by atoms with Gasteiger partial charge in [0, 0.05) is 0 Å². The van der Waals surface area contributed by atoms with Crippen LogP contribution in [0, 0.1) is 0 Å². The second-order valence-electron chi connectivity index (χ2n) is 4.93. The average Bonchev–Trinajstić information content (AvgIpc) is 2.66. The highest BCUT2D eigenvalue weighted by Crippen LogP contribution is 2.44. The maximum Gasteiger partial charge on any atom is 0.463 e. The molecule has 2 aromatic rings. The first kappa shape index (κ1) is 14.2. The number of fused-ring (bicyclic) bond motifs is 2. The Bertz CT molecular complexity index is 634. The van der Waals surface area contributed by atoms with Crippen LogP contribution in [0.3, 0.4) is 0 Å². The van der Waals surface area contributed by atoms with E-state index in [0.717, 1.165) is 24.2 Å². The molecule has 3 rings (SSSR count). The molecule has 0 unspecified atom stereocenters. The fraction of sp³-hybridized carbons (Fsp3) is 0.462. The molecule has 0 radical (unpaired) electrons. The number of halogens is 5. The third kappa shape index (κ3) is 2.37. The lowest BCUT2D eigenvalue weighted by Crippen LogP contribution is -2.33. The van der Waals surface area contributed by atoms with Gasteiger partial charge < -0.3 is 9.73 Å². The van der Waals surface area contributed by atoms with Gasteiger partial charge in [-0.2, -0.15) is 22.0 Å². The Morgan fingerprint density at radius 2 is 1.62 bits per heavy atom. The highest BCUT2D eigenvalue weighted by molar-refractivity contribution is 5.75. The van der Waals surface area contributed by atoms with Crippen LogP contribution in [0.5, 0.6) is 0 Å². The summed E-state index contributed by atoms with van der Waals surface area (Å²) in [5, 5.41) is 3.18. The molecule has 114 valence electrons. The molecule has 0 saturated carbocycles. The van der Waals surface area contributed by atoms with Gasteiger partial charge in [-0.25, -0.2) is 4.98 Å². The standard InChI is InChI=1S/C13H11F5N2O/c14-12(15,13(16,17)18)11-20-9-5-7-1-3-19-4-2-8(7)6-10(9)21-11/h5-6,19H,1-4H2. The summed E-state index contributed by atoms with van der Waals surface area (Å²) < 4.78 is 68.2.